The van der Waals surface area contributed by atoms with Crippen LogP contribution < -0.4 is 4.74 Å². The second-order valence-corrected chi connectivity index (χ2v) is 4.01. The van der Waals surface area contributed by atoms with E-state index in [1.165, 1.54) is 0 Å². The van der Waals surface area contributed by atoms with Crippen molar-refractivity contribution in [3.05, 3.63) is 27.7 Å². The molecular weight excluding hydrogens is 261 g/mol. The first-order chi connectivity index (χ1) is 7.19. The van der Waals surface area contributed by atoms with Crippen molar-refractivity contribution in [1.82, 2.24) is 0 Å². The molecule has 0 radical (unpaired) electrons. The first-order valence-corrected chi connectivity index (χ1v) is 5.70. The van der Waals surface area contributed by atoms with Crippen molar-refractivity contribution in [2.45, 2.75) is 12.3 Å². The summed E-state index contributed by atoms with van der Waals surface area (Å²) in [6, 6.07) is 3.26. The predicted octanol–water partition coefficient (Wildman–Crippen LogP) is 4.47. The Hall–Kier alpha value is -0.180. The van der Waals surface area contributed by atoms with Gasteiger partial charge in [0.25, 0.3) is 0 Å². The average molecular weight is 272 g/mol. The van der Waals surface area contributed by atoms with Crippen LogP contribution in [-0.2, 0) is 5.88 Å². The van der Waals surface area contributed by atoms with Gasteiger partial charge < -0.3 is 4.74 Å². The van der Waals surface area contributed by atoms with Crippen molar-refractivity contribution >= 4 is 34.8 Å². The number of rotatable bonds is 5. The minimum absolute atomic E-state index is 0.255. The van der Waals surface area contributed by atoms with E-state index >= 15 is 0 Å². The SMILES string of the molecule is FCCCOc1c(Cl)cc(Cl)cc1CCl. The summed E-state index contributed by atoms with van der Waals surface area (Å²) in [6.45, 7) is -0.136. The van der Waals surface area contributed by atoms with E-state index in [-0.39, 0.29) is 12.5 Å². The molecule has 0 unspecified atom stereocenters. The van der Waals surface area contributed by atoms with Crippen LogP contribution in [0.25, 0.3) is 0 Å². The van der Waals surface area contributed by atoms with Gasteiger partial charge in [-0.1, -0.05) is 23.2 Å². The maximum Gasteiger partial charge on any atom is 0.142 e. The van der Waals surface area contributed by atoms with Gasteiger partial charge in [0.05, 0.1) is 24.2 Å². The number of hydrogen-bond donors (Lipinski definition) is 0. The fourth-order valence-corrected chi connectivity index (χ4v) is 1.89. The molecule has 0 atom stereocenters. The van der Waals surface area contributed by atoms with Crippen molar-refractivity contribution in [3.8, 4) is 5.75 Å². The maximum absolute atomic E-state index is 11.9. The molecule has 0 fully saturated rings. The molecule has 0 bridgehead atoms. The van der Waals surface area contributed by atoms with Gasteiger partial charge in [0, 0.05) is 17.0 Å². The molecule has 0 aliphatic heterocycles. The lowest BCUT2D eigenvalue weighted by Gasteiger charge is -2.11. The Morgan fingerprint density at radius 3 is 2.60 bits per heavy atom. The van der Waals surface area contributed by atoms with Crippen LogP contribution in [0.3, 0.4) is 0 Å². The smallest absolute Gasteiger partial charge is 0.142 e. The molecule has 0 aliphatic carbocycles. The van der Waals surface area contributed by atoms with Crippen molar-refractivity contribution < 1.29 is 9.13 Å². The average Bonchev–Trinajstić information content (AvgIpc) is 2.20. The van der Waals surface area contributed by atoms with Crippen LogP contribution in [0.15, 0.2) is 12.1 Å². The van der Waals surface area contributed by atoms with E-state index in [1.807, 2.05) is 0 Å². The highest BCUT2D eigenvalue weighted by Gasteiger charge is 2.09. The molecule has 0 heterocycles. The predicted molar refractivity (Wildman–Crippen MR) is 62.1 cm³/mol. The van der Waals surface area contributed by atoms with Crippen molar-refractivity contribution in [1.29, 1.82) is 0 Å². The fourth-order valence-electron chi connectivity index (χ4n) is 1.10. The Balaban J connectivity index is 2.84. The van der Waals surface area contributed by atoms with Crippen LogP contribution in [0.4, 0.5) is 4.39 Å². The van der Waals surface area contributed by atoms with Crippen molar-refractivity contribution in [2.24, 2.45) is 0 Å². The minimum Gasteiger partial charge on any atom is -0.492 e. The monoisotopic (exact) mass is 270 g/mol. The van der Waals surface area contributed by atoms with E-state index in [2.05, 4.69) is 0 Å². The summed E-state index contributed by atoms with van der Waals surface area (Å²) < 4.78 is 17.2. The summed E-state index contributed by atoms with van der Waals surface area (Å²) in [7, 11) is 0. The molecule has 0 spiro atoms. The zero-order valence-electron chi connectivity index (χ0n) is 7.90. The van der Waals surface area contributed by atoms with Crippen LogP contribution in [-0.4, -0.2) is 13.3 Å². The molecule has 0 amide bonds. The quantitative estimate of drug-likeness (QED) is 0.567. The fraction of sp³-hybridized carbons (Fsp3) is 0.400. The summed E-state index contributed by atoms with van der Waals surface area (Å²) in [5.41, 5.74) is 0.716. The van der Waals surface area contributed by atoms with Gasteiger partial charge in [-0.15, -0.1) is 11.6 Å². The van der Waals surface area contributed by atoms with Gasteiger partial charge in [0.15, 0.2) is 0 Å². The molecule has 0 aromatic heterocycles. The van der Waals surface area contributed by atoms with Crippen molar-refractivity contribution in [3.63, 3.8) is 0 Å². The molecule has 15 heavy (non-hydrogen) atoms. The first kappa shape index (κ1) is 12.9. The topological polar surface area (TPSA) is 9.23 Å². The van der Waals surface area contributed by atoms with Gasteiger partial charge in [-0.25, -0.2) is 0 Å². The zero-order valence-corrected chi connectivity index (χ0v) is 10.2. The molecule has 84 valence electrons. The second-order valence-electron chi connectivity index (χ2n) is 2.90. The zero-order chi connectivity index (χ0) is 11.3. The van der Waals surface area contributed by atoms with Gasteiger partial charge in [-0.2, -0.15) is 0 Å². The van der Waals surface area contributed by atoms with Crippen LogP contribution >= 0.6 is 34.8 Å². The maximum atomic E-state index is 11.9. The van der Waals surface area contributed by atoms with E-state index < -0.39 is 6.67 Å². The van der Waals surface area contributed by atoms with E-state index in [1.54, 1.807) is 12.1 Å². The molecule has 1 aromatic rings. The third-order valence-corrected chi connectivity index (χ3v) is 2.54. The van der Waals surface area contributed by atoms with E-state index in [0.717, 1.165) is 0 Å². The molecule has 0 aliphatic rings. The number of hydrogen-bond acceptors (Lipinski definition) is 1. The lowest BCUT2D eigenvalue weighted by atomic mass is 10.2. The molecule has 1 aromatic carbocycles. The summed E-state index contributed by atoms with van der Waals surface area (Å²) in [6.07, 6.45) is 0.334. The largest absolute Gasteiger partial charge is 0.492 e. The summed E-state index contributed by atoms with van der Waals surface area (Å²) >= 11 is 17.5. The Morgan fingerprint density at radius 1 is 1.27 bits per heavy atom. The highest BCUT2D eigenvalue weighted by atomic mass is 35.5. The van der Waals surface area contributed by atoms with Gasteiger partial charge in [-0.05, 0) is 12.1 Å². The summed E-state index contributed by atoms with van der Waals surface area (Å²) in [5.74, 6) is 0.745. The molecule has 0 N–H and O–H groups in total. The van der Waals surface area contributed by atoms with Gasteiger partial charge in [0.1, 0.15) is 5.75 Å². The molecule has 1 nitrogen and oxygen atoms in total. The number of alkyl halides is 2. The molecule has 0 saturated carbocycles. The first-order valence-electron chi connectivity index (χ1n) is 4.41. The van der Waals surface area contributed by atoms with Crippen molar-refractivity contribution in [2.75, 3.05) is 13.3 Å². The Bertz CT molecular complexity index is 331. The van der Waals surface area contributed by atoms with E-state index in [0.29, 0.717) is 27.8 Å². The minimum atomic E-state index is -0.415. The number of ether oxygens (including phenoxy) is 1. The van der Waals surface area contributed by atoms with Crippen LogP contribution in [0, 0.1) is 0 Å². The Labute approximate surface area is 103 Å². The summed E-state index contributed by atoms with van der Waals surface area (Å²) in [5, 5.41) is 0.908. The van der Waals surface area contributed by atoms with Gasteiger partial charge >= 0.3 is 0 Å². The summed E-state index contributed by atoms with van der Waals surface area (Å²) in [4.78, 5) is 0. The van der Waals surface area contributed by atoms with E-state index in [9.17, 15) is 4.39 Å². The molecule has 1 rings (SSSR count). The third kappa shape index (κ3) is 3.71. The lowest BCUT2D eigenvalue weighted by Crippen LogP contribution is -2.01. The normalized spacial score (nSPS) is 10.4. The Kier molecular flexibility index (Phi) is 5.51. The highest BCUT2D eigenvalue weighted by molar-refractivity contribution is 6.35. The van der Waals surface area contributed by atoms with Crippen LogP contribution in [0.2, 0.25) is 10.0 Å². The van der Waals surface area contributed by atoms with E-state index in [4.69, 9.17) is 39.5 Å². The van der Waals surface area contributed by atoms with Crippen LogP contribution in [0.5, 0.6) is 5.75 Å². The van der Waals surface area contributed by atoms with Crippen LogP contribution in [0.1, 0.15) is 12.0 Å². The lowest BCUT2D eigenvalue weighted by molar-refractivity contribution is 0.288. The molecule has 0 saturated heterocycles. The number of benzene rings is 1. The Morgan fingerprint density at radius 2 is 2.00 bits per heavy atom. The molecular formula is C10H10Cl3FO. The third-order valence-electron chi connectivity index (χ3n) is 1.75. The number of halogens is 4. The molecule has 5 heteroatoms. The standard InChI is InChI=1S/C10H10Cl3FO/c11-6-7-4-8(12)5-9(13)10(7)15-3-1-2-14/h4-5H,1-3,6H2. The van der Waals surface area contributed by atoms with Gasteiger partial charge in [0.2, 0.25) is 0 Å². The highest BCUT2D eigenvalue weighted by Crippen LogP contribution is 2.33. The van der Waals surface area contributed by atoms with Gasteiger partial charge in [-0.3, -0.25) is 4.39 Å². The second kappa shape index (κ2) is 6.41.